The maximum Gasteiger partial charge on any atom is 0.407 e. The average Bonchev–Trinajstić information content (AvgIpc) is 3.15. The van der Waals surface area contributed by atoms with Gasteiger partial charge in [0, 0.05) is 12.5 Å². The molecule has 0 unspecified atom stereocenters. The number of fused-ring (bicyclic) bond motifs is 3. The van der Waals surface area contributed by atoms with Crippen LogP contribution in [0, 0.1) is 5.41 Å². The van der Waals surface area contributed by atoms with Crippen molar-refractivity contribution in [2.45, 2.75) is 38.6 Å². The number of carbonyl (C=O) groups excluding carboxylic acids is 2. The van der Waals surface area contributed by atoms with E-state index in [1.54, 1.807) is 13.8 Å². The third-order valence-corrected chi connectivity index (χ3v) is 6.54. The summed E-state index contributed by atoms with van der Waals surface area (Å²) in [5.41, 5.74) is 3.45. The molecule has 2 aromatic carbocycles. The number of hydrogen-bond donors (Lipinski definition) is 4. The summed E-state index contributed by atoms with van der Waals surface area (Å²) in [7, 11) is 0. The van der Waals surface area contributed by atoms with Gasteiger partial charge in [0.15, 0.2) is 0 Å². The monoisotopic (exact) mass is 454 g/mol. The minimum atomic E-state index is -1.40. The molecule has 0 fully saturated rings. The van der Waals surface area contributed by atoms with Crippen molar-refractivity contribution in [2.75, 3.05) is 19.8 Å². The molecule has 8 nitrogen and oxygen atoms in total. The molecule has 176 valence electrons. The van der Waals surface area contributed by atoms with Crippen LogP contribution in [0.5, 0.6) is 0 Å². The van der Waals surface area contributed by atoms with Crippen LogP contribution >= 0.6 is 0 Å². The fraction of sp³-hybridized carbons (Fsp3) is 0.400. The van der Waals surface area contributed by atoms with Crippen molar-refractivity contribution < 1.29 is 29.3 Å². The third kappa shape index (κ3) is 5.01. The molecule has 0 bridgehead atoms. The number of amides is 2. The largest absolute Gasteiger partial charge is 0.480 e. The molecular weight excluding hydrogens is 424 g/mol. The van der Waals surface area contributed by atoms with Crippen molar-refractivity contribution >= 4 is 18.0 Å². The van der Waals surface area contributed by atoms with Crippen LogP contribution in [-0.4, -0.2) is 54.0 Å². The van der Waals surface area contributed by atoms with E-state index in [1.807, 2.05) is 36.4 Å². The highest BCUT2D eigenvalue weighted by Gasteiger charge is 2.37. The Balaban J connectivity index is 1.63. The van der Waals surface area contributed by atoms with Crippen LogP contribution in [0.2, 0.25) is 0 Å². The lowest BCUT2D eigenvalue weighted by Gasteiger charge is -2.31. The summed E-state index contributed by atoms with van der Waals surface area (Å²) in [5.74, 6) is -1.93. The van der Waals surface area contributed by atoms with E-state index in [1.165, 1.54) is 0 Å². The number of carbonyl (C=O) groups is 3. The SMILES string of the molecule is CCC(CC)(CNC(=O)OCC1c2ccccc2-c2ccccc21)C(=O)N[C@@H](CO)C(=O)O. The maximum atomic E-state index is 12.8. The highest BCUT2D eigenvalue weighted by atomic mass is 16.5. The molecule has 8 heteroatoms. The zero-order valence-corrected chi connectivity index (χ0v) is 18.8. The van der Waals surface area contributed by atoms with Gasteiger partial charge in [-0.2, -0.15) is 0 Å². The summed E-state index contributed by atoms with van der Waals surface area (Å²) >= 11 is 0. The Bertz CT molecular complexity index is 972. The van der Waals surface area contributed by atoms with Crippen molar-refractivity contribution in [3.63, 3.8) is 0 Å². The standard InChI is InChI=1S/C25H30N2O6/c1-3-25(4-2,23(31)27-21(13-28)22(29)30)15-26-24(32)33-14-20-18-11-7-5-9-16(18)17-10-6-8-12-19(17)20/h5-12,20-21,28H,3-4,13-15H2,1-2H3,(H,26,32)(H,27,31)(H,29,30)/t21-/m0/s1. The molecule has 0 heterocycles. The van der Waals surface area contributed by atoms with Crippen molar-refractivity contribution in [1.82, 2.24) is 10.6 Å². The summed E-state index contributed by atoms with van der Waals surface area (Å²) in [4.78, 5) is 36.4. The molecule has 1 aliphatic carbocycles. The average molecular weight is 455 g/mol. The van der Waals surface area contributed by atoms with E-state index in [4.69, 9.17) is 9.84 Å². The van der Waals surface area contributed by atoms with E-state index in [9.17, 15) is 19.5 Å². The minimum Gasteiger partial charge on any atom is -0.480 e. The molecule has 1 atom stereocenters. The van der Waals surface area contributed by atoms with E-state index < -0.39 is 36.0 Å². The molecule has 0 radical (unpaired) electrons. The van der Waals surface area contributed by atoms with Gasteiger partial charge in [0.2, 0.25) is 5.91 Å². The van der Waals surface area contributed by atoms with E-state index in [0.29, 0.717) is 12.8 Å². The second kappa shape index (κ2) is 10.5. The van der Waals surface area contributed by atoms with Crippen molar-refractivity contribution in [3.05, 3.63) is 59.7 Å². The number of alkyl carbamates (subject to hydrolysis) is 1. The number of benzene rings is 2. The van der Waals surface area contributed by atoms with Gasteiger partial charge in [0.1, 0.15) is 12.6 Å². The van der Waals surface area contributed by atoms with Gasteiger partial charge in [0.05, 0.1) is 12.0 Å². The zero-order chi connectivity index (χ0) is 24.0. The van der Waals surface area contributed by atoms with Gasteiger partial charge in [-0.3, -0.25) is 4.79 Å². The summed E-state index contributed by atoms with van der Waals surface area (Å²) in [6.07, 6.45) is 0.0981. The highest BCUT2D eigenvalue weighted by Crippen LogP contribution is 2.44. The summed E-state index contributed by atoms with van der Waals surface area (Å²) in [6.45, 7) is 3.00. The molecule has 0 saturated carbocycles. The lowest BCUT2D eigenvalue weighted by molar-refractivity contribution is -0.145. The number of carboxylic acids is 1. The Morgan fingerprint density at radius 2 is 1.55 bits per heavy atom. The van der Waals surface area contributed by atoms with Gasteiger partial charge in [-0.1, -0.05) is 62.4 Å². The number of carboxylic acid groups (broad SMARTS) is 1. The fourth-order valence-electron chi connectivity index (χ4n) is 4.29. The number of aliphatic hydroxyl groups excluding tert-OH is 1. The smallest absolute Gasteiger partial charge is 0.407 e. The molecular formula is C25H30N2O6. The van der Waals surface area contributed by atoms with E-state index in [2.05, 4.69) is 22.8 Å². The lowest BCUT2D eigenvalue weighted by Crippen LogP contribution is -2.53. The number of aliphatic hydroxyl groups is 1. The van der Waals surface area contributed by atoms with E-state index in [-0.39, 0.29) is 19.1 Å². The van der Waals surface area contributed by atoms with Crippen LogP contribution in [0.1, 0.15) is 43.7 Å². The minimum absolute atomic E-state index is 0.0136. The first-order valence-corrected chi connectivity index (χ1v) is 11.1. The zero-order valence-electron chi connectivity index (χ0n) is 18.8. The number of hydrogen-bond acceptors (Lipinski definition) is 5. The van der Waals surface area contributed by atoms with Crippen LogP contribution in [0.15, 0.2) is 48.5 Å². The number of ether oxygens (including phenoxy) is 1. The van der Waals surface area contributed by atoms with Crippen LogP contribution in [0.25, 0.3) is 11.1 Å². The van der Waals surface area contributed by atoms with Crippen LogP contribution < -0.4 is 10.6 Å². The predicted molar refractivity (Wildman–Crippen MR) is 123 cm³/mol. The quantitative estimate of drug-likeness (QED) is 0.438. The normalized spacial score (nSPS) is 13.5. The van der Waals surface area contributed by atoms with Crippen LogP contribution in [0.3, 0.4) is 0 Å². The molecule has 0 aliphatic heterocycles. The van der Waals surface area contributed by atoms with Gasteiger partial charge in [-0.25, -0.2) is 9.59 Å². The molecule has 0 saturated heterocycles. The summed E-state index contributed by atoms with van der Waals surface area (Å²) in [6, 6.07) is 14.7. The van der Waals surface area contributed by atoms with Crippen LogP contribution in [-0.2, 0) is 14.3 Å². The Morgan fingerprint density at radius 1 is 1.00 bits per heavy atom. The fourth-order valence-corrected chi connectivity index (χ4v) is 4.29. The number of aliphatic carboxylic acids is 1. The molecule has 33 heavy (non-hydrogen) atoms. The highest BCUT2D eigenvalue weighted by molar-refractivity contribution is 5.88. The summed E-state index contributed by atoms with van der Waals surface area (Å²) < 4.78 is 5.53. The number of rotatable bonds is 10. The van der Waals surface area contributed by atoms with Gasteiger partial charge in [-0.05, 0) is 35.1 Å². The molecule has 4 N–H and O–H groups in total. The first kappa shape index (κ1) is 24.3. The van der Waals surface area contributed by atoms with Crippen molar-refractivity contribution in [1.29, 1.82) is 0 Å². The van der Waals surface area contributed by atoms with Crippen LogP contribution in [0.4, 0.5) is 4.79 Å². The Hall–Kier alpha value is -3.39. The Morgan fingerprint density at radius 3 is 2.03 bits per heavy atom. The van der Waals surface area contributed by atoms with E-state index >= 15 is 0 Å². The predicted octanol–water partition coefficient (Wildman–Crippen LogP) is 2.89. The molecule has 1 aliphatic rings. The molecule has 2 amide bonds. The second-order valence-electron chi connectivity index (χ2n) is 8.21. The van der Waals surface area contributed by atoms with E-state index in [0.717, 1.165) is 22.3 Å². The van der Waals surface area contributed by atoms with Gasteiger partial charge in [0.25, 0.3) is 0 Å². The molecule has 0 aromatic heterocycles. The van der Waals surface area contributed by atoms with Crippen molar-refractivity contribution in [2.24, 2.45) is 5.41 Å². The second-order valence-corrected chi connectivity index (χ2v) is 8.21. The summed E-state index contributed by atoms with van der Waals surface area (Å²) in [5, 5.41) is 23.3. The first-order chi connectivity index (χ1) is 15.9. The van der Waals surface area contributed by atoms with Gasteiger partial charge < -0.3 is 25.6 Å². The maximum absolute atomic E-state index is 12.8. The molecule has 0 spiro atoms. The Labute approximate surface area is 193 Å². The first-order valence-electron chi connectivity index (χ1n) is 11.1. The van der Waals surface area contributed by atoms with Crippen molar-refractivity contribution in [3.8, 4) is 11.1 Å². The Kier molecular flexibility index (Phi) is 7.71. The number of nitrogens with one attached hydrogen (secondary N) is 2. The van der Waals surface area contributed by atoms with Gasteiger partial charge >= 0.3 is 12.1 Å². The molecule has 2 aromatic rings. The lowest BCUT2D eigenvalue weighted by atomic mass is 9.81. The topological polar surface area (TPSA) is 125 Å². The third-order valence-electron chi connectivity index (χ3n) is 6.54. The van der Waals surface area contributed by atoms with Gasteiger partial charge in [-0.15, -0.1) is 0 Å². The molecule has 3 rings (SSSR count).